The van der Waals surface area contributed by atoms with Gasteiger partial charge in [-0.2, -0.15) is 0 Å². The van der Waals surface area contributed by atoms with Crippen molar-refractivity contribution >= 4 is 5.78 Å². The minimum absolute atomic E-state index is 0.347. The summed E-state index contributed by atoms with van der Waals surface area (Å²) < 4.78 is 0. The fourth-order valence-electron chi connectivity index (χ4n) is 3.52. The molecule has 0 aromatic carbocycles. The molecule has 2 bridgehead atoms. The summed E-state index contributed by atoms with van der Waals surface area (Å²) in [7, 11) is 0. The molecule has 0 heterocycles. The molecule has 0 amide bonds. The van der Waals surface area contributed by atoms with Crippen molar-refractivity contribution < 1.29 is 4.79 Å². The third kappa shape index (κ3) is 1.66. The topological polar surface area (TPSA) is 17.1 Å². The van der Waals surface area contributed by atoms with Crippen molar-refractivity contribution in [3.05, 3.63) is 0 Å². The third-order valence-electron chi connectivity index (χ3n) is 3.83. The van der Waals surface area contributed by atoms with E-state index in [9.17, 15) is 4.79 Å². The summed E-state index contributed by atoms with van der Waals surface area (Å²) in [5.74, 6) is 2.13. The van der Waals surface area contributed by atoms with E-state index in [2.05, 4.69) is 20.8 Å². The molecule has 0 saturated heterocycles. The Balaban J connectivity index is 2.17. The van der Waals surface area contributed by atoms with E-state index in [0.717, 1.165) is 18.8 Å². The van der Waals surface area contributed by atoms with Gasteiger partial charge in [-0.05, 0) is 37.0 Å². The Labute approximate surface area is 80.9 Å². The van der Waals surface area contributed by atoms with E-state index in [4.69, 9.17) is 0 Å². The van der Waals surface area contributed by atoms with Crippen molar-refractivity contribution in [1.29, 1.82) is 0 Å². The van der Waals surface area contributed by atoms with Crippen molar-refractivity contribution in [1.82, 2.24) is 0 Å². The van der Waals surface area contributed by atoms with Crippen LogP contribution in [0.2, 0.25) is 0 Å². The van der Waals surface area contributed by atoms with Gasteiger partial charge >= 0.3 is 0 Å². The van der Waals surface area contributed by atoms with Crippen LogP contribution in [0.15, 0.2) is 0 Å². The predicted molar refractivity (Wildman–Crippen MR) is 53.4 cm³/mol. The number of carbonyl (C=O) groups excluding carboxylic acids is 1. The Hall–Kier alpha value is -0.330. The zero-order chi connectivity index (χ0) is 9.64. The average Bonchev–Trinajstić information content (AvgIpc) is 1.97. The highest BCUT2D eigenvalue weighted by atomic mass is 16.1. The monoisotopic (exact) mass is 180 g/mol. The molecule has 1 heteroatoms. The number of fused-ring (bicyclic) bond motifs is 2. The molecular weight excluding hydrogens is 160 g/mol. The minimum atomic E-state index is 0.347. The Morgan fingerprint density at radius 2 is 1.92 bits per heavy atom. The van der Waals surface area contributed by atoms with Gasteiger partial charge in [0.2, 0.25) is 0 Å². The number of Topliss-reactive ketones (excluding diaryl/α,β-unsaturated/α-hetero) is 1. The van der Waals surface area contributed by atoms with Gasteiger partial charge in [0.05, 0.1) is 0 Å². The Kier molecular flexibility index (Phi) is 2.01. The molecule has 0 radical (unpaired) electrons. The van der Waals surface area contributed by atoms with E-state index >= 15 is 0 Å². The number of hydrogen-bond acceptors (Lipinski definition) is 1. The van der Waals surface area contributed by atoms with Crippen molar-refractivity contribution in [2.24, 2.45) is 23.2 Å². The fourth-order valence-corrected chi connectivity index (χ4v) is 3.52. The highest BCUT2D eigenvalue weighted by molar-refractivity contribution is 5.84. The molecule has 2 aliphatic carbocycles. The zero-order valence-electron chi connectivity index (χ0n) is 8.97. The smallest absolute Gasteiger partial charge is 0.138 e. The maximum Gasteiger partial charge on any atom is 0.138 e. The summed E-state index contributed by atoms with van der Waals surface area (Å²) in [6, 6.07) is 0. The standard InChI is InChI=1S/C12H20O/c1-8-4-9-5-10(11(8)13)7-12(2,3)6-9/h8-10H,4-7H2,1-3H3. The summed E-state index contributed by atoms with van der Waals surface area (Å²) in [4.78, 5) is 11.8. The Morgan fingerprint density at radius 1 is 1.23 bits per heavy atom. The summed E-state index contributed by atoms with van der Waals surface area (Å²) in [6.45, 7) is 6.74. The first kappa shape index (κ1) is 9.23. The van der Waals surface area contributed by atoms with E-state index < -0.39 is 0 Å². The molecule has 0 aliphatic heterocycles. The van der Waals surface area contributed by atoms with Crippen LogP contribution in [0.3, 0.4) is 0 Å². The zero-order valence-corrected chi connectivity index (χ0v) is 8.97. The number of carbonyl (C=O) groups is 1. The normalized spacial score (nSPS) is 43.3. The van der Waals surface area contributed by atoms with Gasteiger partial charge in [0.15, 0.2) is 0 Å². The van der Waals surface area contributed by atoms with Crippen molar-refractivity contribution in [3.8, 4) is 0 Å². The molecule has 74 valence electrons. The first-order valence-electron chi connectivity index (χ1n) is 5.52. The maximum absolute atomic E-state index is 11.8. The van der Waals surface area contributed by atoms with Crippen LogP contribution >= 0.6 is 0 Å². The van der Waals surface area contributed by atoms with E-state index in [-0.39, 0.29) is 0 Å². The lowest BCUT2D eigenvalue weighted by atomic mass is 9.60. The Bertz CT molecular complexity index is 227. The van der Waals surface area contributed by atoms with E-state index in [1.807, 2.05) is 0 Å². The quantitative estimate of drug-likeness (QED) is 0.560. The summed E-state index contributed by atoms with van der Waals surface area (Å²) >= 11 is 0. The highest BCUT2D eigenvalue weighted by Gasteiger charge is 2.42. The SMILES string of the molecule is CC1CC2CC(CC(C)(C)C2)C1=O. The van der Waals surface area contributed by atoms with Crippen LogP contribution in [0.5, 0.6) is 0 Å². The highest BCUT2D eigenvalue weighted by Crippen LogP contribution is 2.48. The van der Waals surface area contributed by atoms with Gasteiger partial charge in [-0.1, -0.05) is 20.8 Å². The lowest BCUT2D eigenvalue weighted by Crippen LogP contribution is -2.40. The molecule has 2 saturated carbocycles. The van der Waals surface area contributed by atoms with Gasteiger partial charge in [-0.3, -0.25) is 4.79 Å². The second-order valence-corrected chi connectivity index (χ2v) is 5.91. The van der Waals surface area contributed by atoms with Gasteiger partial charge in [-0.15, -0.1) is 0 Å². The van der Waals surface area contributed by atoms with Gasteiger partial charge in [-0.25, -0.2) is 0 Å². The van der Waals surface area contributed by atoms with E-state index in [1.54, 1.807) is 0 Å². The number of ketones is 1. The summed E-state index contributed by atoms with van der Waals surface area (Å²) in [5.41, 5.74) is 0.420. The lowest BCUT2D eigenvalue weighted by molar-refractivity contribution is -0.134. The van der Waals surface area contributed by atoms with Crippen LogP contribution in [0.1, 0.15) is 46.5 Å². The van der Waals surface area contributed by atoms with Crippen LogP contribution in [0.25, 0.3) is 0 Å². The summed E-state index contributed by atoms with van der Waals surface area (Å²) in [6.07, 6.45) is 4.80. The number of rotatable bonds is 0. The third-order valence-corrected chi connectivity index (χ3v) is 3.83. The average molecular weight is 180 g/mol. The molecule has 0 aromatic heterocycles. The molecule has 1 nitrogen and oxygen atoms in total. The van der Waals surface area contributed by atoms with Crippen molar-refractivity contribution in [2.45, 2.75) is 46.5 Å². The molecule has 0 N–H and O–H groups in total. The van der Waals surface area contributed by atoms with Gasteiger partial charge in [0.1, 0.15) is 5.78 Å². The molecule has 2 aliphatic rings. The van der Waals surface area contributed by atoms with Crippen molar-refractivity contribution in [3.63, 3.8) is 0 Å². The number of hydrogen-bond donors (Lipinski definition) is 0. The molecule has 0 aromatic rings. The molecule has 2 fully saturated rings. The van der Waals surface area contributed by atoms with Gasteiger partial charge in [0.25, 0.3) is 0 Å². The maximum atomic E-state index is 11.8. The molecule has 13 heavy (non-hydrogen) atoms. The fraction of sp³-hybridized carbons (Fsp3) is 0.917. The van der Waals surface area contributed by atoms with Crippen molar-refractivity contribution in [2.75, 3.05) is 0 Å². The first-order valence-corrected chi connectivity index (χ1v) is 5.52. The molecule has 2 rings (SSSR count). The van der Waals surface area contributed by atoms with E-state index in [0.29, 0.717) is 23.0 Å². The summed E-state index contributed by atoms with van der Waals surface area (Å²) in [5, 5.41) is 0. The van der Waals surface area contributed by atoms with Crippen LogP contribution in [-0.2, 0) is 4.79 Å². The van der Waals surface area contributed by atoms with Crippen LogP contribution in [0, 0.1) is 23.2 Å². The largest absolute Gasteiger partial charge is 0.299 e. The molecule has 3 unspecified atom stereocenters. The van der Waals surface area contributed by atoms with E-state index in [1.165, 1.54) is 12.8 Å². The minimum Gasteiger partial charge on any atom is -0.299 e. The molecular formula is C12H20O. The van der Waals surface area contributed by atoms with Gasteiger partial charge in [0, 0.05) is 11.8 Å². The predicted octanol–water partition coefficient (Wildman–Crippen LogP) is 3.04. The second kappa shape index (κ2) is 2.83. The molecule has 3 atom stereocenters. The van der Waals surface area contributed by atoms with Crippen LogP contribution < -0.4 is 0 Å². The van der Waals surface area contributed by atoms with Gasteiger partial charge < -0.3 is 0 Å². The first-order chi connectivity index (χ1) is 5.98. The Morgan fingerprint density at radius 3 is 2.62 bits per heavy atom. The second-order valence-electron chi connectivity index (χ2n) is 5.91. The lowest BCUT2D eigenvalue weighted by Gasteiger charge is -2.44. The van der Waals surface area contributed by atoms with Crippen LogP contribution in [-0.4, -0.2) is 5.78 Å². The van der Waals surface area contributed by atoms with Crippen LogP contribution in [0.4, 0.5) is 0 Å². The molecule has 0 spiro atoms.